The first kappa shape index (κ1) is 22.0. The Bertz CT molecular complexity index is 1320. The number of carbonyl (C=O) groups is 2. The molecule has 0 aliphatic rings. The minimum atomic E-state index is -0.233. The van der Waals surface area contributed by atoms with Crippen molar-refractivity contribution in [3.63, 3.8) is 0 Å². The number of pyridine rings is 1. The Balaban J connectivity index is 1.69. The van der Waals surface area contributed by atoms with Crippen molar-refractivity contribution in [2.45, 2.75) is 13.8 Å². The van der Waals surface area contributed by atoms with Crippen LogP contribution in [0.1, 0.15) is 24.2 Å². The molecule has 0 saturated carbocycles. The van der Waals surface area contributed by atoms with Crippen LogP contribution in [0.5, 0.6) is 5.75 Å². The summed E-state index contributed by atoms with van der Waals surface area (Å²) in [5, 5.41) is 3.73. The Hall–Kier alpha value is -4.19. The number of nitrogens with zero attached hydrogens (tertiary/aromatic N) is 2. The molecule has 166 valence electrons. The SMILES string of the molecule is CCOc1cccc(-c2cc(C(=O)Nc3ccc(N(C)C(C)=O)cc3)c3ccccc3n2)c1. The van der Waals surface area contributed by atoms with E-state index in [0.717, 1.165) is 27.9 Å². The van der Waals surface area contributed by atoms with E-state index < -0.39 is 0 Å². The predicted octanol–water partition coefficient (Wildman–Crippen LogP) is 5.54. The molecule has 6 heteroatoms. The predicted molar refractivity (Wildman–Crippen MR) is 132 cm³/mol. The summed E-state index contributed by atoms with van der Waals surface area (Å²) >= 11 is 0. The lowest BCUT2D eigenvalue weighted by molar-refractivity contribution is -0.116. The molecule has 0 aliphatic carbocycles. The molecule has 0 radical (unpaired) electrons. The average Bonchev–Trinajstić information content (AvgIpc) is 2.83. The molecular weight excluding hydrogens is 414 g/mol. The molecule has 6 nitrogen and oxygen atoms in total. The Kier molecular flexibility index (Phi) is 6.36. The van der Waals surface area contributed by atoms with Crippen LogP contribution < -0.4 is 15.0 Å². The normalized spacial score (nSPS) is 10.6. The van der Waals surface area contributed by atoms with Crippen LogP contribution >= 0.6 is 0 Å². The van der Waals surface area contributed by atoms with E-state index in [1.54, 1.807) is 42.3 Å². The van der Waals surface area contributed by atoms with Gasteiger partial charge < -0.3 is 15.0 Å². The van der Waals surface area contributed by atoms with E-state index in [0.29, 0.717) is 23.6 Å². The first-order valence-electron chi connectivity index (χ1n) is 10.7. The van der Waals surface area contributed by atoms with Crippen LogP contribution in [-0.4, -0.2) is 30.5 Å². The van der Waals surface area contributed by atoms with Gasteiger partial charge in [-0.3, -0.25) is 9.59 Å². The van der Waals surface area contributed by atoms with E-state index in [-0.39, 0.29) is 11.8 Å². The third-order valence-corrected chi connectivity index (χ3v) is 5.39. The van der Waals surface area contributed by atoms with Crippen molar-refractivity contribution in [1.29, 1.82) is 0 Å². The summed E-state index contributed by atoms with van der Waals surface area (Å²) in [7, 11) is 1.71. The van der Waals surface area contributed by atoms with Gasteiger partial charge in [-0.15, -0.1) is 0 Å². The molecule has 4 rings (SSSR count). The molecule has 0 fully saturated rings. The van der Waals surface area contributed by atoms with Crippen LogP contribution in [0.3, 0.4) is 0 Å². The van der Waals surface area contributed by atoms with Crippen LogP contribution in [0.25, 0.3) is 22.2 Å². The highest BCUT2D eigenvalue weighted by molar-refractivity contribution is 6.13. The molecule has 0 aliphatic heterocycles. The van der Waals surface area contributed by atoms with Gasteiger partial charge in [0.25, 0.3) is 5.91 Å². The number of ether oxygens (including phenoxy) is 1. The Labute approximate surface area is 192 Å². The third kappa shape index (κ3) is 4.85. The van der Waals surface area contributed by atoms with Gasteiger partial charge in [0.1, 0.15) is 5.75 Å². The lowest BCUT2D eigenvalue weighted by Crippen LogP contribution is -2.22. The third-order valence-electron chi connectivity index (χ3n) is 5.39. The van der Waals surface area contributed by atoms with Gasteiger partial charge in [-0.2, -0.15) is 0 Å². The highest BCUT2D eigenvalue weighted by atomic mass is 16.5. The summed E-state index contributed by atoms with van der Waals surface area (Å²) in [4.78, 5) is 31.2. The zero-order valence-corrected chi connectivity index (χ0v) is 18.8. The maximum atomic E-state index is 13.3. The summed E-state index contributed by atoms with van der Waals surface area (Å²) in [5.41, 5.74) is 4.23. The molecule has 3 aromatic carbocycles. The van der Waals surface area contributed by atoms with Gasteiger partial charge in [-0.1, -0.05) is 30.3 Å². The van der Waals surface area contributed by atoms with E-state index in [2.05, 4.69) is 5.32 Å². The molecule has 0 spiro atoms. The molecule has 4 aromatic rings. The van der Waals surface area contributed by atoms with Gasteiger partial charge in [0.2, 0.25) is 5.91 Å². The second kappa shape index (κ2) is 9.53. The number of aromatic nitrogens is 1. The van der Waals surface area contributed by atoms with Crippen LogP contribution in [0, 0.1) is 0 Å². The number of anilines is 2. The smallest absolute Gasteiger partial charge is 0.256 e. The number of rotatable bonds is 6. The zero-order chi connectivity index (χ0) is 23.4. The van der Waals surface area contributed by atoms with Crippen molar-refractivity contribution in [2.75, 3.05) is 23.9 Å². The highest BCUT2D eigenvalue weighted by Crippen LogP contribution is 2.28. The van der Waals surface area contributed by atoms with Crippen molar-refractivity contribution in [3.8, 4) is 17.0 Å². The summed E-state index contributed by atoms with van der Waals surface area (Å²) < 4.78 is 5.62. The summed E-state index contributed by atoms with van der Waals surface area (Å²) in [6.07, 6.45) is 0. The first-order chi connectivity index (χ1) is 16.0. The number of fused-ring (bicyclic) bond motifs is 1. The largest absolute Gasteiger partial charge is 0.494 e. The highest BCUT2D eigenvalue weighted by Gasteiger charge is 2.15. The Morgan fingerprint density at radius 1 is 0.970 bits per heavy atom. The fourth-order valence-corrected chi connectivity index (χ4v) is 3.57. The molecule has 0 unspecified atom stereocenters. The van der Waals surface area contributed by atoms with Gasteiger partial charge in [-0.05, 0) is 55.5 Å². The molecular formula is C27H25N3O3. The number of carbonyl (C=O) groups excluding carboxylic acids is 2. The van der Waals surface area contributed by atoms with Crippen LogP contribution in [0.2, 0.25) is 0 Å². The van der Waals surface area contributed by atoms with Crippen molar-refractivity contribution in [2.24, 2.45) is 0 Å². The molecule has 0 atom stereocenters. The monoisotopic (exact) mass is 439 g/mol. The lowest BCUT2D eigenvalue weighted by atomic mass is 10.0. The summed E-state index contributed by atoms with van der Waals surface area (Å²) in [6, 6.07) is 24.2. The van der Waals surface area contributed by atoms with Crippen molar-refractivity contribution < 1.29 is 14.3 Å². The number of amides is 2. The minimum absolute atomic E-state index is 0.0593. The van der Waals surface area contributed by atoms with E-state index in [1.165, 1.54) is 6.92 Å². The van der Waals surface area contributed by atoms with Crippen LogP contribution in [0.15, 0.2) is 78.9 Å². The average molecular weight is 440 g/mol. The number of para-hydroxylation sites is 1. The van der Waals surface area contributed by atoms with Gasteiger partial charge in [0.15, 0.2) is 0 Å². The van der Waals surface area contributed by atoms with Crippen molar-refractivity contribution >= 4 is 34.1 Å². The number of nitrogens with one attached hydrogen (secondary N) is 1. The molecule has 1 aromatic heterocycles. The molecule has 0 bridgehead atoms. The number of hydrogen-bond donors (Lipinski definition) is 1. The van der Waals surface area contributed by atoms with Gasteiger partial charge in [0.05, 0.1) is 23.4 Å². The first-order valence-corrected chi connectivity index (χ1v) is 10.7. The Morgan fingerprint density at radius 2 is 1.73 bits per heavy atom. The quantitative estimate of drug-likeness (QED) is 0.428. The lowest BCUT2D eigenvalue weighted by Gasteiger charge is -2.15. The Morgan fingerprint density at radius 3 is 2.45 bits per heavy atom. The maximum Gasteiger partial charge on any atom is 0.256 e. The van der Waals surface area contributed by atoms with Gasteiger partial charge >= 0.3 is 0 Å². The maximum absolute atomic E-state index is 13.3. The fraction of sp³-hybridized carbons (Fsp3) is 0.148. The summed E-state index contributed by atoms with van der Waals surface area (Å²) in [6.45, 7) is 4.02. The molecule has 1 N–H and O–H groups in total. The second-order valence-corrected chi connectivity index (χ2v) is 7.61. The molecule has 1 heterocycles. The van der Waals surface area contributed by atoms with Crippen LogP contribution in [0.4, 0.5) is 11.4 Å². The van der Waals surface area contributed by atoms with E-state index in [1.807, 2.05) is 55.5 Å². The van der Waals surface area contributed by atoms with Gasteiger partial charge in [-0.25, -0.2) is 4.98 Å². The van der Waals surface area contributed by atoms with Gasteiger partial charge in [0, 0.05) is 36.3 Å². The zero-order valence-electron chi connectivity index (χ0n) is 18.8. The second-order valence-electron chi connectivity index (χ2n) is 7.61. The molecule has 0 saturated heterocycles. The minimum Gasteiger partial charge on any atom is -0.494 e. The van der Waals surface area contributed by atoms with Crippen molar-refractivity contribution in [1.82, 2.24) is 4.98 Å². The molecule has 33 heavy (non-hydrogen) atoms. The van der Waals surface area contributed by atoms with Crippen molar-refractivity contribution in [3.05, 3.63) is 84.4 Å². The van der Waals surface area contributed by atoms with Crippen LogP contribution in [-0.2, 0) is 4.79 Å². The summed E-state index contributed by atoms with van der Waals surface area (Å²) in [5.74, 6) is 0.464. The fourth-order valence-electron chi connectivity index (χ4n) is 3.57. The standard InChI is InChI=1S/C27H25N3O3/c1-4-33-22-9-7-8-19(16-22)26-17-24(23-10-5-6-11-25(23)29-26)27(32)28-20-12-14-21(15-13-20)30(3)18(2)31/h5-17H,4H2,1-3H3,(H,28,32). The number of benzene rings is 3. The van der Waals surface area contributed by atoms with E-state index in [9.17, 15) is 9.59 Å². The molecule has 2 amide bonds. The van der Waals surface area contributed by atoms with E-state index >= 15 is 0 Å². The number of hydrogen-bond acceptors (Lipinski definition) is 4. The topological polar surface area (TPSA) is 71.5 Å². The van der Waals surface area contributed by atoms with E-state index in [4.69, 9.17) is 9.72 Å².